The molecule has 4 aliphatic rings. The summed E-state index contributed by atoms with van der Waals surface area (Å²) in [5.41, 5.74) is 2.68. The minimum absolute atomic E-state index is 1.19. The fraction of sp³-hybridized carbons (Fsp3) is 0.478. The first kappa shape index (κ1) is 43.3. The van der Waals surface area contributed by atoms with Crippen molar-refractivity contribution in [2.75, 3.05) is 0 Å². The molecule has 0 aromatic heterocycles. The standard InChI is InChI=1S/C46H58S8/c1-5-7-9-11-13-15-17-25-31-37-33(3)47-43(49-37)45-50-38(32-26-18-16-14-12-10-8-6-2)41(53-45)42-40(36-29-23-20-24-30-36)52-46(54-42)44-48-34(4)39(51-44)35-27-21-19-22-28-35/h19-24,27-30H,5-18,25-26,31-32H2,1-4H3. The summed E-state index contributed by atoms with van der Waals surface area (Å²) in [6, 6.07) is 22.2. The largest absolute Gasteiger partial charge is 0.0849 e. The van der Waals surface area contributed by atoms with E-state index in [1.54, 1.807) is 14.7 Å². The topological polar surface area (TPSA) is 0 Å². The highest BCUT2D eigenvalue weighted by atomic mass is 32.2. The van der Waals surface area contributed by atoms with Crippen molar-refractivity contribution in [3.63, 3.8) is 0 Å². The van der Waals surface area contributed by atoms with Gasteiger partial charge in [0.1, 0.15) is 0 Å². The Morgan fingerprint density at radius 2 is 0.722 bits per heavy atom. The summed E-state index contributed by atoms with van der Waals surface area (Å²) in [6.45, 7) is 9.30. The lowest BCUT2D eigenvalue weighted by Crippen LogP contribution is -1.87. The Hall–Kier alpha value is -0.320. The molecule has 0 N–H and O–H groups in total. The van der Waals surface area contributed by atoms with Crippen LogP contribution < -0.4 is 0 Å². The summed E-state index contributed by atoms with van der Waals surface area (Å²) < 4.78 is 5.95. The molecule has 8 heteroatoms. The fourth-order valence-corrected chi connectivity index (χ4v) is 18.7. The quantitative estimate of drug-likeness (QED) is 0.112. The second-order valence-corrected chi connectivity index (χ2v) is 24.2. The van der Waals surface area contributed by atoms with Crippen molar-refractivity contribution in [1.82, 2.24) is 0 Å². The van der Waals surface area contributed by atoms with Crippen LogP contribution in [-0.4, -0.2) is 0 Å². The van der Waals surface area contributed by atoms with Gasteiger partial charge in [-0.25, -0.2) is 0 Å². The first-order valence-electron chi connectivity index (χ1n) is 20.5. The van der Waals surface area contributed by atoms with Crippen LogP contribution in [0.25, 0.3) is 9.81 Å². The monoisotopic (exact) mass is 866 g/mol. The number of rotatable bonds is 21. The summed E-state index contributed by atoms with van der Waals surface area (Å²) in [4.78, 5) is 12.1. The van der Waals surface area contributed by atoms with Crippen molar-refractivity contribution in [2.45, 2.75) is 143 Å². The third kappa shape index (κ3) is 12.3. The maximum atomic E-state index is 2.37. The Morgan fingerprint density at radius 1 is 0.333 bits per heavy atom. The van der Waals surface area contributed by atoms with E-state index in [9.17, 15) is 0 Å². The maximum Gasteiger partial charge on any atom is 0.0707 e. The average Bonchev–Trinajstić information content (AvgIpc) is 3.99. The number of hydrogen-bond acceptors (Lipinski definition) is 8. The second-order valence-electron chi connectivity index (χ2n) is 14.4. The summed E-state index contributed by atoms with van der Waals surface area (Å²) in [6.07, 6.45) is 24.4. The highest BCUT2D eigenvalue weighted by Crippen LogP contribution is 2.69. The summed E-state index contributed by atoms with van der Waals surface area (Å²) in [5, 5.41) is 0. The Bertz CT molecular complexity index is 1740. The zero-order valence-electron chi connectivity index (χ0n) is 32.8. The maximum absolute atomic E-state index is 2.37. The molecule has 0 atom stereocenters. The molecule has 0 aliphatic carbocycles. The Morgan fingerprint density at radius 3 is 1.31 bits per heavy atom. The third-order valence-electron chi connectivity index (χ3n) is 10.0. The van der Waals surface area contributed by atoms with Crippen LogP contribution in [-0.2, 0) is 0 Å². The molecule has 0 fully saturated rings. The molecule has 0 bridgehead atoms. The number of allylic oxidation sites excluding steroid dienone is 4. The van der Waals surface area contributed by atoms with Gasteiger partial charge in [-0.05, 0) is 60.5 Å². The molecule has 0 saturated carbocycles. The van der Waals surface area contributed by atoms with Gasteiger partial charge in [0.25, 0.3) is 0 Å². The van der Waals surface area contributed by atoms with Crippen LogP contribution in [0.5, 0.6) is 0 Å². The van der Waals surface area contributed by atoms with Crippen LogP contribution in [0.1, 0.15) is 154 Å². The smallest absolute Gasteiger partial charge is 0.0707 e. The van der Waals surface area contributed by atoms with Gasteiger partial charge in [-0.3, -0.25) is 0 Å². The normalized spacial score (nSPS) is 20.6. The van der Waals surface area contributed by atoms with Gasteiger partial charge in [-0.2, -0.15) is 0 Å². The van der Waals surface area contributed by atoms with Crippen molar-refractivity contribution in [1.29, 1.82) is 0 Å². The van der Waals surface area contributed by atoms with E-state index in [1.807, 2.05) is 47.0 Å². The molecule has 0 saturated heterocycles. The molecule has 2 aromatic carbocycles. The molecule has 0 spiro atoms. The van der Waals surface area contributed by atoms with Crippen LogP contribution in [0.2, 0.25) is 0 Å². The van der Waals surface area contributed by atoms with Crippen LogP contribution >= 0.6 is 94.1 Å². The van der Waals surface area contributed by atoms with Crippen LogP contribution in [0.3, 0.4) is 0 Å². The number of benzene rings is 2. The molecule has 0 amide bonds. The minimum atomic E-state index is 1.19. The van der Waals surface area contributed by atoms with Crippen LogP contribution in [0.15, 0.2) is 107 Å². The van der Waals surface area contributed by atoms with Crippen molar-refractivity contribution in [3.05, 3.63) is 118 Å². The second kappa shape index (κ2) is 23.3. The van der Waals surface area contributed by atoms with Crippen LogP contribution in [0, 0.1) is 0 Å². The fourth-order valence-electron chi connectivity index (χ4n) is 6.92. The van der Waals surface area contributed by atoms with E-state index in [-0.39, 0.29) is 0 Å². The number of thioether (sulfide) groups is 8. The summed E-state index contributed by atoms with van der Waals surface area (Å²) in [5.74, 6) is 0. The molecular weight excluding hydrogens is 809 g/mol. The van der Waals surface area contributed by atoms with E-state index in [0.29, 0.717) is 0 Å². The first-order valence-corrected chi connectivity index (χ1v) is 27.0. The lowest BCUT2D eigenvalue weighted by Gasteiger charge is -2.09. The molecule has 290 valence electrons. The van der Waals surface area contributed by atoms with E-state index < -0.39 is 0 Å². The van der Waals surface area contributed by atoms with Crippen molar-refractivity contribution < 1.29 is 0 Å². The summed E-state index contributed by atoms with van der Waals surface area (Å²) in [7, 11) is 0. The van der Waals surface area contributed by atoms with Gasteiger partial charge in [-0.15, -0.1) is 0 Å². The van der Waals surface area contributed by atoms with Crippen molar-refractivity contribution >= 4 is 104 Å². The molecule has 4 heterocycles. The van der Waals surface area contributed by atoms with Crippen LogP contribution in [0.4, 0.5) is 0 Å². The first-order chi connectivity index (χ1) is 26.6. The number of unbranched alkanes of at least 4 members (excludes halogenated alkanes) is 14. The van der Waals surface area contributed by atoms with Gasteiger partial charge < -0.3 is 0 Å². The van der Waals surface area contributed by atoms with Gasteiger partial charge in [0.15, 0.2) is 0 Å². The summed E-state index contributed by atoms with van der Waals surface area (Å²) >= 11 is 16.4. The molecular formula is C46H58S8. The highest BCUT2D eigenvalue weighted by Gasteiger charge is 2.36. The van der Waals surface area contributed by atoms with E-state index in [4.69, 9.17) is 0 Å². The van der Waals surface area contributed by atoms with Gasteiger partial charge in [0, 0.05) is 29.4 Å². The van der Waals surface area contributed by atoms with Gasteiger partial charge >= 0.3 is 0 Å². The zero-order chi connectivity index (χ0) is 37.5. The zero-order valence-corrected chi connectivity index (χ0v) is 39.3. The predicted molar refractivity (Wildman–Crippen MR) is 261 cm³/mol. The Kier molecular flexibility index (Phi) is 18.7. The van der Waals surface area contributed by atoms with E-state index in [1.165, 1.54) is 168 Å². The van der Waals surface area contributed by atoms with Gasteiger partial charge in [-0.1, -0.05) is 258 Å². The minimum Gasteiger partial charge on any atom is -0.0849 e. The highest BCUT2D eigenvalue weighted by molar-refractivity contribution is 8.38. The molecule has 4 aliphatic heterocycles. The number of hydrogen-bond donors (Lipinski definition) is 0. The lowest BCUT2D eigenvalue weighted by molar-refractivity contribution is 0.577. The third-order valence-corrected chi connectivity index (χ3v) is 21.9. The van der Waals surface area contributed by atoms with Gasteiger partial charge in [0.2, 0.25) is 0 Å². The van der Waals surface area contributed by atoms with Crippen molar-refractivity contribution in [2.24, 2.45) is 0 Å². The Labute approximate surface area is 362 Å². The molecule has 54 heavy (non-hydrogen) atoms. The van der Waals surface area contributed by atoms with E-state index in [0.717, 1.165) is 0 Å². The van der Waals surface area contributed by atoms with E-state index in [2.05, 4.69) is 135 Å². The van der Waals surface area contributed by atoms with E-state index >= 15 is 0 Å². The van der Waals surface area contributed by atoms with Crippen molar-refractivity contribution in [3.8, 4) is 0 Å². The Balaban J connectivity index is 1.19. The molecule has 2 aromatic rings. The lowest BCUT2D eigenvalue weighted by atomic mass is 10.1. The predicted octanol–water partition coefficient (Wildman–Crippen LogP) is 19.4. The molecule has 0 nitrogen and oxygen atoms in total. The average molecular weight is 868 g/mol. The molecule has 0 unspecified atom stereocenters. The van der Waals surface area contributed by atoms with Gasteiger partial charge in [0.05, 0.1) is 16.9 Å². The SMILES string of the molecule is CCCCCCCCCCC1=C(C)SC(=C2SC(CCCCCCCCCC)=C(C3=C(c4ccccc4)SC(=C4SC(C)=C(c5ccccc5)S4)S3)S2)S1. The molecule has 0 radical (unpaired) electrons. The molecule has 6 rings (SSSR count).